The van der Waals surface area contributed by atoms with Crippen molar-refractivity contribution in [2.75, 3.05) is 26.0 Å². The minimum Gasteiger partial charge on any atom is -0.496 e. The van der Waals surface area contributed by atoms with E-state index in [0.29, 0.717) is 4.47 Å². The summed E-state index contributed by atoms with van der Waals surface area (Å²) in [6.45, 7) is -0.512. The number of carbonyl (C=O) groups excluding carboxylic acids is 1. The Bertz CT molecular complexity index is 963. The molecular formula is C16H16BrN3O6S. The van der Waals surface area contributed by atoms with E-state index < -0.39 is 27.4 Å². The Hall–Kier alpha value is -2.50. The second kappa shape index (κ2) is 8.46. The summed E-state index contributed by atoms with van der Waals surface area (Å²) >= 11 is 3.22. The first-order chi connectivity index (χ1) is 12.6. The lowest BCUT2D eigenvalue weighted by Crippen LogP contribution is -2.35. The van der Waals surface area contributed by atoms with Crippen LogP contribution in [0.1, 0.15) is 0 Å². The number of carbonyl (C=O) groups is 1. The number of benzene rings is 2. The molecule has 0 saturated heterocycles. The van der Waals surface area contributed by atoms with Gasteiger partial charge < -0.3 is 10.1 Å². The monoisotopic (exact) mass is 457 g/mol. The molecule has 144 valence electrons. The second-order valence-electron chi connectivity index (χ2n) is 5.40. The van der Waals surface area contributed by atoms with Gasteiger partial charge in [-0.2, -0.15) is 4.31 Å². The van der Waals surface area contributed by atoms with Gasteiger partial charge in [0.25, 0.3) is 5.69 Å². The van der Waals surface area contributed by atoms with Crippen LogP contribution in [0.15, 0.2) is 51.8 Å². The van der Waals surface area contributed by atoms with E-state index in [1.165, 1.54) is 38.4 Å². The van der Waals surface area contributed by atoms with Crippen LogP contribution >= 0.6 is 15.9 Å². The van der Waals surface area contributed by atoms with Gasteiger partial charge in [-0.15, -0.1) is 0 Å². The van der Waals surface area contributed by atoms with Crippen LogP contribution in [0.4, 0.5) is 11.4 Å². The van der Waals surface area contributed by atoms with Gasteiger partial charge in [-0.25, -0.2) is 8.42 Å². The van der Waals surface area contributed by atoms with Gasteiger partial charge in [-0.3, -0.25) is 14.9 Å². The van der Waals surface area contributed by atoms with Gasteiger partial charge in [0.1, 0.15) is 11.4 Å². The zero-order valence-electron chi connectivity index (χ0n) is 14.4. The molecule has 0 fully saturated rings. The number of hydrogen-bond donors (Lipinski definition) is 1. The van der Waals surface area contributed by atoms with Crippen molar-refractivity contribution in [2.45, 2.75) is 4.90 Å². The standard InChI is InChI=1S/C16H16BrN3O6S/c1-19(27(24,25)13-6-3-11(17)4-7-13)10-16(21)18-14-8-5-12(26-2)9-15(14)20(22)23/h3-9H,10H2,1-2H3,(H,18,21). The van der Waals surface area contributed by atoms with Crippen LogP contribution in [0.5, 0.6) is 5.75 Å². The molecule has 0 radical (unpaired) electrons. The number of rotatable bonds is 7. The molecule has 0 heterocycles. The molecule has 0 aliphatic carbocycles. The van der Waals surface area contributed by atoms with E-state index >= 15 is 0 Å². The van der Waals surface area contributed by atoms with E-state index in [2.05, 4.69) is 21.2 Å². The molecule has 2 aromatic rings. The van der Waals surface area contributed by atoms with Crippen molar-refractivity contribution < 1.29 is 22.9 Å². The smallest absolute Gasteiger partial charge is 0.296 e. The number of nitrogens with one attached hydrogen (secondary N) is 1. The highest BCUT2D eigenvalue weighted by Gasteiger charge is 2.24. The molecule has 0 aliphatic heterocycles. The van der Waals surface area contributed by atoms with Crippen LogP contribution in [-0.4, -0.2) is 44.3 Å². The maximum Gasteiger partial charge on any atom is 0.296 e. The van der Waals surface area contributed by atoms with Crippen LogP contribution < -0.4 is 10.1 Å². The number of nitro groups is 1. The number of amides is 1. The third-order valence-electron chi connectivity index (χ3n) is 3.56. The molecular weight excluding hydrogens is 442 g/mol. The van der Waals surface area contributed by atoms with Crippen molar-refractivity contribution in [1.82, 2.24) is 4.31 Å². The molecule has 2 rings (SSSR count). The molecule has 0 aliphatic rings. The lowest BCUT2D eigenvalue weighted by molar-refractivity contribution is -0.384. The van der Waals surface area contributed by atoms with Crippen LogP contribution in [0, 0.1) is 10.1 Å². The molecule has 0 spiro atoms. The van der Waals surface area contributed by atoms with Gasteiger partial charge in [0, 0.05) is 11.5 Å². The van der Waals surface area contributed by atoms with Gasteiger partial charge in [0.2, 0.25) is 15.9 Å². The summed E-state index contributed by atoms with van der Waals surface area (Å²) in [5.74, 6) is -0.457. The zero-order valence-corrected chi connectivity index (χ0v) is 16.8. The van der Waals surface area contributed by atoms with Crippen molar-refractivity contribution >= 4 is 43.2 Å². The highest BCUT2D eigenvalue weighted by molar-refractivity contribution is 9.10. The maximum atomic E-state index is 12.5. The predicted molar refractivity (Wildman–Crippen MR) is 102 cm³/mol. The van der Waals surface area contributed by atoms with Gasteiger partial charge in [-0.1, -0.05) is 15.9 Å². The normalized spacial score (nSPS) is 11.3. The first-order valence-corrected chi connectivity index (χ1v) is 9.72. The minimum absolute atomic E-state index is 0.0245. The molecule has 1 N–H and O–H groups in total. The lowest BCUT2D eigenvalue weighted by atomic mass is 10.2. The SMILES string of the molecule is COc1ccc(NC(=O)CN(C)S(=O)(=O)c2ccc(Br)cc2)c([N+](=O)[O-])c1. The van der Waals surface area contributed by atoms with Gasteiger partial charge in [-0.05, 0) is 36.4 Å². The molecule has 0 atom stereocenters. The molecule has 0 saturated carbocycles. The Kier molecular flexibility index (Phi) is 6.52. The summed E-state index contributed by atoms with van der Waals surface area (Å²) in [6, 6.07) is 9.88. The van der Waals surface area contributed by atoms with Crippen LogP contribution in [0.3, 0.4) is 0 Å². The summed E-state index contributed by atoms with van der Waals surface area (Å²) in [6.07, 6.45) is 0. The van der Waals surface area contributed by atoms with Gasteiger partial charge in [0.15, 0.2) is 0 Å². The first kappa shape index (κ1) is 20.8. The highest BCUT2D eigenvalue weighted by atomic mass is 79.9. The Morgan fingerprint density at radius 2 is 1.89 bits per heavy atom. The summed E-state index contributed by atoms with van der Waals surface area (Å²) in [7, 11) is -1.27. The lowest BCUT2D eigenvalue weighted by Gasteiger charge is -2.17. The van der Waals surface area contributed by atoms with Gasteiger partial charge >= 0.3 is 0 Å². The number of nitrogens with zero attached hydrogens (tertiary/aromatic N) is 2. The first-order valence-electron chi connectivity index (χ1n) is 7.49. The Balaban J connectivity index is 2.15. The number of halogens is 1. The van der Waals surface area contributed by atoms with Gasteiger partial charge in [0.05, 0.1) is 29.5 Å². The average Bonchev–Trinajstić information content (AvgIpc) is 2.62. The van der Waals surface area contributed by atoms with E-state index in [0.717, 1.165) is 10.4 Å². The Morgan fingerprint density at radius 1 is 1.26 bits per heavy atom. The number of nitro benzene ring substituents is 1. The number of anilines is 1. The number of sulfonamides is 1. The zero-order chi connectivity index (χ0) is 20.2. The third kappa shape index (κ3) is 5.02. The van der Waals surface area contributed by atoms with Crippen LogP contribution in [0.2, 0.25) is 0 Å². The van der Waals surface area contributed by atoms with Crippen molar-refractivity contribution in [3.8, 4) is 5.75 Å². The minimum atomic E-state index is -3.88. The van der Waals surface area contributed by atoms with Crippen LogP contribution in [0.25, 0.3) is 0 Å². The molecule has 27 heavy (non-hydrogen) atoms. The second-order valence-corrected chi connectivity index (χ2v) is 8.36. The Morgan fingerprint density at radius 3 is 2.44 bits per heavy atom. The van der Waals surface area contributed by atoms with E-state index in [-0.39, 0.29) is 22.0 Å². The topological polar surface area (TPSA) is 119 Å². The molecule has 0 aromatic heterocycles. The number of ether oxygens (including phenoxy) is 1. The van der Waals surface area contributed by atoms with E-state index in [9.17, 15) is 23.3 Å². The number of hydrogen-bond acceptors (Lipinski definition) is 6. The largest absolute Gasteiger partial charge is 0.496 e. The number of likely N-dealkylation sites (N-methyl/N-ethyl adjacent to an activating group) is 1. The third-order valence-corrected chi connectivity index (χ3v) is 5.91. The molecule has 9 nitrogen and oxygen atoms in total. The van der Waals surface area contributed by atoms with Crippen molar-refractivity contribution in [1.29, 1.82) is 0 Å². The molecule has 0 unspecified atom stereocenters. The fourth-order valence-corrected chi connectivity index (χ4v) is 3.55. The molecule has 1 amide bonds. The van der Waals surface area contributed by atoms with E-state index in [4.69, 9.17) is 4.74 Å². The molecule has 11 heteroatoms. The Labute approximate surface area is 164 Å². The summed E-state index contributed by atoms with van der Waals surface area (Å²) in [5.41, 5.74) is -0.415. The van der Waals surface area contributed by atoms with Crippen molar-refractivity contribution in [2.24, 2.45) is 0 Å². The molecule has 2 aromatic carbocycles. The quantitative estimate of drug-likeness (QED) is 0.503. The van der Waals surface area contributed by atoms with Crippen LogP contribution in [-0.2, 0) is 14.8 Å². The fourth-order valence-electron chi connectivity index (χ4n) is 2.16. The summed E-state index contributed by atoms with van der Waals surface area (Å²) in [5, 5.41) is 13.5. The summed E-state index contributed by atoms with van der Waals surface area (Å²) in [4.78, 5) is 22.7. The van der Waals surface area contributed by atoms with Crippen molar-refractivity contribution in [3.63, 3.8) is 0 Å². The number of methoxy groups -OCH3 is 1. The average molecular weight is 458 g/mol. The van der Waals surface area contributed by atoms with E-state index in [1.807, 2.05) is 0 Å². The predicted octanol–water partition coefficient (Wildman–Crippen LogP) is 2.63. The summed E-state index contributed by atoms with van der Waals surface area (Å²) < 4.78 is 31.5. The maximum absolute atomic E-state index is 12.5. The van der Waals surface area contributed by atoms with E-state index in [1.54, 1.807) is 12.1 Å². The molecule has 0 bridgehead atoms. The van der Waals surface area contributed by atoms with Crippen molar-refractivity contribution in [3.05, 3.63) is 57.1 Å². The highest BCUT2D eigenvalue weighted by Crippen LogP contribution is 2.29. The fraction of sp³-hybridized carbons (Fsp3) is 0.188.